The summed E-state index contributed by atoms with van der Waals surface area (Å²) in [5, 5.41) is 0.347. The Morgan fingerprint density at radius 3 is 2.73 bits per heavy atom. The van der Waals surface area contributed by atoms with Gasteiger partial charge in [0.05, 0.1) is 22.5 Å². The third-order valence-electron chi connectivity index (χ3n) is 5.26. The van der Waals surface area contributed by atoms with Crippen molar-refractivity contribution in [3.63, 3.8) is 0 Å². The van der Waals surface area contributed by atoms with Gasteiger partial charge in [0.2, 0.25) is 0 Å². The number of hydrogen-bond acceptors (Lipinski definition) is 5. The van der Waals surface area contributed by atoms with E-state index in [9.17, 15) is 4.79 Å². The first kappa shape index (κ1) is 17.0. The van der Waals surface area contributed by atoms with E-state index in [1.807, 2.05) is 16.4 Å². The van der Waals surface area contributed by atoms with E-state index in [2.05, 4.69) is 16.9 Å². The number of benzene rings is 1. The lowest BCUT2D eigenvalue weighted by Gasteiger charge is -2.37. The van der Waals surface area contributed by atoms with Gasteiger partial charge in [-0.1, -0.05) is 0 Å². The fourth-order valence-corrected chi connectivity index (χ4v) is 3.79. The summed E-state index contributed by atoms with van der Waals surface area (Å²) in [6, 6.07) is 1.42. The highest BCUT2D eigenvalue weighted by Crippen LogP contribution is 2.41. The van der Waals surface area contributed by atoms with Crippen molar-refractivity contribution in [1.82, 2.24) is 9.47 Å². The smallest absolute Gasteiger partial charge is 0.198 e. The van der Waals surface area contributed by atoms with Gasteiger partial charge in [0.25, 0.3) is 0 Å². The Morgan fingerprint density at radius 1 is 1.31 bits per heavy atom. The molecule has 138 valence electrons. The maximum absolute atomic E-state index is 15.1. The number of nitrogens with zero attached hydrogens (tertiary/aromatic N) is 4. The molecule has 1 aromatic heterocycles. The van der Waals surface area contributed by atoms with Crippen LogP contribution in [0.1, 0.15) is 18.5 Å². The second-order valence-electron chi connectivity index (χ2n) is 7.09. The van der Waals surface area contributed by atoms with Crippen molar-refractivity contribution in [1.29, 1.82) is 0 Å². The number of halogens is 1. The lowest BCUT2D eigenvalue weighted by atomic mass is 10.1. The van der Waals surface area contributed by atoms with Gasteiger partial charge in [-0.15, -0.1) is 0 Å². The number of anilines is 1. The maximum Gasteiger partial charge on any atom is 0.198 e. The molecule has 2 aromatic rings. The van der Waals surface area contributed by atoms with Crippen LogP contribution >= 0.6 is 0 Å². The minimum atomic E-state index is -0.402. The van der Waals surface area contributed by atoms with Gasteiger partial charge in [-0.25, -0.2) is 4.39 Å². The third-order valence-corrected chi connectivity index (χ3v) is 5.26. The van der Waals surface area contributed by atoms with Crippen LogP contribution in [-0.4, -0.2) is 62.6 Å². The molecule has 3 heterocycles. The molecule has 0 unspecified atom stereocenters. The standard InChI is InChI=1S/C19H23FN4O2/c1-12-11-26-19-16-14(18(25)13(9-21-2)10-24(12)16)8-15(20)17(19)23-6-4-22(3)5-7-23/h8-10,12H,4-7,11H2,1-3H3/t12-/m0/s1. The molecule has 1 saturated heterocycles. The summed E-state index contributed by atoms with van der Waals surface area (Å²) in [4.78, 5) is 21.0. The second kappa shape index (κ2) is 6.39. The summed E-state index contributed by atoms with van der Waals surface area (Å²) in [5.41, 5.74) is 1.40. The predicted octanol–water partition coefficient (Wildman–Crippen LogP) is 1.89. The van der Waals surface area contributed by atoms with E-state index >= 15 is 4.39 Å². The van der Waals surface area contributed by atoms with E-state index in [-0.39, 0.29) is 11.5 Å². The van der Waals surface area contributed by atoms with Gasteiger partial charge >= 0.3 is 0 Å². The molecule has 0 amide bonds. The van der Waals surface area contributed by atoms with E-state index < -0.39 is 5.82 Å². The Balaban J connectivity index is 1.99. The molecule has 6 nitrogen and oxygen atoms in total. The molecule has 0 bridgehead atoms. The van der Waals surface area contributed by atoms with Crippen LogP contribution in [0.25, 0.3) is 10.9 Å². The minimum absolute atomic E-state index is 0.0559. The number of aliphatic imine (C=N–C) groups is 1. The van der Waals surface area contributed by atoms with Crippen LogP contribution in [0.15, 0.2) is 22.1 Å². The summed E-state index contributed by atoms with van der Waals surface area (Å²) >= 11 is 0. The Morgan fingerprint density at radius 2 is 2.04 bits per heavy atom. The van der Waals surface area contributed by atoms with E-state index in [4.69, 9.17) is 4.74 Å². The summed E-state index contributed by atoms with van der Waals surface area (Å²) in [6.07, 6.45) is 3.33. The molecular formula is C19H23FN4O2. The molecule has 4 rings (SSSR count). The van der Waals surface area contributed by atoms with Gasteiger partial charge in [-0.3, -0.25) is 9.79 Å². The fourth-order valence-electron chi connectivity index (χ4n) is 3.79. The van der Waals surface area contributed by atoms with Gasteiger partial charge in [-0.2, -0.15) is 0 Å². The van der Waals surface area contributed by atoms with Crippen LogP contribution in [0.3, 0.4) is 0 Å². The quantitative estimate of drug-likeness (QED) is 0.770. The van der Waals surface area contributed by atoms with Crippen LogP contribution < -0.4 is 15.1 Å². The Hall–Kier alpha value is -2.41. The highest BCUT2D eigenvalue weighted by molar-refractivity contribution is 5.95. The molecule has 1 atom stereocenters. The van der Waals surface area contributed by atoms with Gasteiger partial charge < -0.3 is 19.1 Å². The van der Waals surface area contributed by atoms with E-state index in [0.29, 0.717) is 34.5 Å². The van der Waals surface area contributed by atoms with Crippen LogP contribution in [0.2, 0.25) is 0 Å². The van der Waals surface area contributed by atoms with Crippen molar-refractivity contribution >= 4 is 22.8 Å². The number of rotatable bonds is 2. The molecule has 0 radical (unpaired) electrons. The van der Waals surface area contributed by atoms with E-state index in [0.717, 1.165) is 26.2 Å². The lowest BCUT2D eigenvalue weighted by molar-refractivity contribution is 0.245. The van der Waals surface area contributed by atoms with Crippen LogP contribution in [-0.2, 0) is 0 Å². The number of pyridine rings is 1. The van der Waals surface area contributed by atoms with Gasteiger partial charge in [0.15, 0.2) is 17.0 Å². The normalized spacial score (nSPS) is 20.8. The SMILES string of the molecule is CN=Cc1cn2c3c(c(N4CCN(C)CC4)c(F)cc3c1=O)OC[C@@H]2C. The van der Waals surface area contributed by atoms with Crippen molar-refractivity contribution in [2.24, 2.45) is 4.99 Å². The topological polar surface area (TPSA) is 50.1 Å². The molecule has 0 N–H and O–H groups in total. The van der Waals surface area contributed by atoms with Gasteiger partial charge in [-0.05, 0) is 20.0 Å². The summed E-state index contributed by atoms with van der Waals surface area (Å²) < 4.78 is 23.1. The molecule has 0 aliphatic carbocycles. The van der Waals surface area contributed by atoms with E-state index in [1.54, 1.807) is 13.2 Å². The lowest BCUT2D eigenvalue weighted by Crippen LogP contribution is -2.45. The molecule has 2 aliphatic heterocycles. The molecule has 1 aromatic carbocycles. The second-order valence-corrected chi connectivity index (χ2v) is 7.09. The summed E-state index contributed by atoms with van der Waals surface area (Å²) in [5.74, 6) is 0.0839. The largest absolute Gasteiger partial charge is 0.487 e. The molecule has 1 fully saturated rings. The first-order chi connectivity index (χ1) is 12.5. The first-order valence-corrected chi connectivity index (χ1v) is 8.91. The fraction of sp³-hybridized carbons (Fsp3) is 0.474. The van der Waals surface area contributed by atoms with Crippen molar-refractivity contribution in [2.45, 2.75) is 13.0 Å². The Labute approximate surface area is 151 Å². The van der Waals surface area contributed by atoms with Crippen molar-refractivity contribution in [2.75, 3.05) is 51.8 Å². The number of piperazine rings is 1. The zero-order chi connectivity index (χ0) is 18.4. The highest BCUT2D eigenvalue weighted by Gasteiger charge is 2.29. The molecule has 2 aliphatic rings. The number of likely N-dealkylation sites (N-methyl/N-ethyl adjacent to an activating group) is 1. The summed E-state index contributed by atoms with van der Waals surface area (Å²) in [7, 11) is 3.68. The number of ether oxygens (including phenoxy) is 1. The predicted molar refractivity (Wildman–Crippen MR) is 102 cm³/mol. The minimum Gasteiger partial charge on any atom is -0.487 e. The molecule has 0 spiro atoms. The maximum atomic E-state index is 15.1. The number of aromatic nitrogens is 1. The molecule has 26 heavy (non-hydrogen) atoms. The van der Waals surface area contributed by atoms with Crippen molar-refractivity contribution < 1.29 is 9.13 Å². The molecule has 0 saturated carbocycles. The zero-order valence-corrected chi connectivity index (χ0v) is 15.3. The van der Waals surface area contributed by atoms with Crippen LogP contribution in [0, 0.1) is 5.82 Å². The summed E-state index contributed by atoms with van der Waals surface area (Å²) in [6.45, 7) is 5.67. The Kier molecular flexibility index (Phi) is 4.19. The molecular weight excluding hydrogens is 335 g/mol. The third kappa shape index (κ3) is 2.58. The molecule has 7 heteroatoms. The number of hydrogen-bond donors (Lipinski definition) is 0. The average molecular weight is 358 g/mol. The Bertz CT molecular complexity index is 945. The van der Waals surface area contributed by atoms with Crippen LogP contribution in [0.4, 0.5) is 10.1 Å². The van der Waals surface area contributed by atoms with E-state index in [1.165, 1.54) is 12.3 Å². The van der Waals surface area contributed by atoms with Crippen LogP contribution in [0.5, 0.6) is 5.75 Å². The first-order valence-electron chi connectivity index (χ1n) is 8.91. The highest BCUT2D eigenvalue weighted by atomic mass is 19.1. The van der Waals surface area contributed by atoms with Crippen molar-refractivity contribution in [3.8, 4) is 5.75 Å². The van der Waals surface area contributed by atoms with Gasteiger partial charge in [0, 0.05) is 45.6 Å². The monoisotopic (exact) mass is 358 g/mol. The average Bonchev–Trinajstić information content (AvgIpc) is 2.62. The van der Waals surface area contributed by atoms with Crippen molar-refractivity contribution in [3.05, 3.63) is 33.9 Å². The van der Waals surface area contributed by atoms with Gasteiger partial charge in [0.1, 0.15) is 12.3 Å². The zero-order valence-electron chi connectivity index (χ0n) is 15.3.